The number of nitrogens with one attached hydrogen (secondary N) is 1. The molecule has 9 unspecified atom stereocenters. The third-order valence-corrected chi connectivity index (χ3v) is 14.7. The highest BCUT2D eigenvalue weighted by atomic mass is 32.1. The second kappa shape index (κ2) is 10.2. The highest BCUT2D eigenvalue weighted by molar-refractivity contribution is 7.80. The molecule has 5 aliphatic rings. The van der Waals surface area contributed by atoms with Crippen molar-refractivity contribution < 1.29 is 9.53 Å². The zero-order valence-electron chi connectivity index (χ0n) is 27.6. The molecule has 0 spiro atoms. The van der Waals surface area contributed by atoms with E-state index in [0.717, 1.165) is 19.3 Å². The molecule has 0 aromatic heterocycles. The van der Waals surface area contributed by atoms with E-state index in [0.29, 0.717) is 45.7 Å². The minimum Gasteiger partial charge on any atom is -0.465 e. The molecule has 0 heterocycles. The Hall–Kier alpha value is -2.14. The Balaban J connectivity index is 1.35. The van der Waals surface area contributed by atoms with E-state index in [-0.39, 0.29) is 27.8 Å². The van der Waals surface area contributed by atoms with Gasteiger partial charge in [0.2, 0.25) is 0 Å². The first-order valence-corrected chi connectivity index (χ1v) is 17.2. The molecule has 5 heteroatoms. The predicted molar refractivity (Wildman–Crippen MR) is 180 cm³/mol. The Labute approximate surface area is 265 Å². The van der Waals surface area contributed by atoms with Gasteiger partial charge >= 0.3 is 5.97 Å². The van der Waals surface area contributed by atoms with E-state index in [2.05, 4.69) is 71.6 Å². The van der Waals surface area contributed by atoms with Gasteiger partial charge in [0, 0.05) is 5.54 Å². The summed E-state index contributed by atoms with van der Waals surface area (Å²) in [4.78, 5) is 12.1. The summed E-state index contributed by atoms with van der Waals surface area (Å²) in [6, 6.07) is 8.08. The predicted octanol–water partition coefficient (Wildman–Crippen LogP) is 8.71. The number of hydrogen-bond donors (Lipinski definition) is 2. The van der Waals surface area contributed by atoms with E-state index in [1.54, 1.807) is 0 Å². The molecule has 3 N–H and O–H groups in total. The number of thiocarbonyl (C=S) groups is 1. The summed E-state index contributed by atoms with van der Waals surface area (Å²) in [6.07, 6.45) is 13.6. The van der Waals surface area contributed by atoms with Crippen LogP contribution in [0.3, 0.4) is 0 Å². The van der Waals surface area contributed by atoms with Crippen LogP contribution in [0, 0.1) is 51.2 Å². The molecule has 4 fully saturated rings. The highest BCUT2D eigenvalue weighted by Gasteiger charge is 2.70. The van der Waals surface area contributed by atoms with Gasteiger partial charge in [-0.25, -0.2) is 4.79 Å². The van der Waals surface area contributed by atoms with E-state index < -0.39 is 0 Å². The maximum absolute atomic E-state index is 12.1. The maximum Gasteiger partial charge on any atom is 0.337 e. The number of ether oxygens (including phenoxy) is 1. The van der Waals surface area contributed by atoms with Crippen LogP contribution in [-0.4, -0.2) is 23.7 Å². The third-order valence-electron chi connectivity index (χ3n) is 14.6. The quantitative estimate of drug-likeness (QED) is 0.205. The molecule has 5 aliphatic carbocycles. The van der Waals surface area contributed by atoms with Crippen LogP contribution in [0.1, 0.15) is 115 Å². The van der Waals surface area contributed by atoms with Crippen molar-refractivity contribution in [3.63, 3.8) is 0 Å². The van der Waals surface area contributed by atoms with Gasteiger partial charge in [-0.05, 0) is 151 Å². The smallest absolute Gasteiger partial charge is 0.337 e. The van der Waals surface area contributed by atoms with Gasteiger partial charge in [-0.15, -0.1) is 0 Å². The van der Waals surface area contributed by atoms with Crippen molar-refractivity contribution in [2.75, 3.05) is 7.11 Å². The zero-order chi connectivity index (χ0) is 31.2. The molecule has 0 saturated heterocycles. The minimum atomic E-state index is -0.277. The molecule has 6 rings (SSSR count). The lowest BCUT2D eigenvalue weighted by molar-refractivity contribution is -0.218. The standard InChI is InChI=1S/C38H54N2O2S/c1-23(2)26-15-20-38(40-33(39)43)22-21-36(6)28(31(26)38)13-14-30-35(5)18-16-27(24-9-11-25(12-10-24)32(41)42-8)34(3,4)29(35)17-19-37(30,36)7/h9-12,16,26,28-31H,1,13-15,17-22H2,2-8H3,(H3,39,40,43). The van der Waals surface area contributed by atoms with Crippen LogP contribution in [0.4, 0.5) is 0 Å². The summed E-state index contributed by atoms with van der Waals surface area (Å²) in [5.41, 5.74) is 11.7. The largest absolute Gasteiger partial charge is 0.465 e. The molecule has 0 amide bonds. The van der Waals surface area contributed by atoms with Crippen molar-refractivity contribution in [1.29, 1.82) is 0 Å². The summed E-state index contributed by atoms with van der Waals surface area (Å²) in [7, 11) is 1.44. The van der Waals surface area contributed by atoms with E-state index in [1.807, 2.05) is 12.1 Å². The SMILES string of the molecule is C=C(C)C1CCC2(NC(N)=S)CCC3(C)C(CCC4C5(C)CC=C(c6ccc(C(=O)OC)cc6)C(C)(C)C5CCC43C)C12. The van der Waals surface area contributed by atoms with E-state index >= 15 is 0 Å². The number of esters is 1. The van der Waals surface area contributed by atoms with Crippen molar-refractivity contribution >= 4 is 28.9 Å². The number of carbonyl (C=O) groups excluding carboxylic acids is 1. The number of hydrogen-bond acceptors (Lipinski definition) is 3. The van der Waals surface area contributed by atoms with E-state index in [4.69, 9.17) is 22.7 Å². The van der Waals surface area contributed by atoms with Crippen LogP contribution in [0.5, 0.6) is 0 Å². The summed E-state index contributed by atoms with van der Waals surface area (Å²) >= 11 is 5.47. The number of rotatable bonds is 4. The number of nitrogens with two attached hydrogens (primary N) is 1. The molecule has 1 aromatic rings. The molecular formula is C38H54N2O2S. The third kappa shape index (κ3) is 4.26. The fraction of sp³-hybridized carbons (Fsp3) is 0.684. The molecule has 9 atom stereocenters. The van der Waals surface area contributed by atoms with Gasteiger partial charge < -0.3 is 15.8 Å². The molecule has 0 bridgehead atoms. The van der Waals surface area contributed by atoms with Crippen LogP contribution in [0.25, 0.3) is 5.57 Å². The fourth-order valence-corrected chi connectivity index (χ4v) is 12.8. The summed E-state index contributed by atoms with van der Waals surface area (Å²) in [5.74, 6) is 2.79. The molecule has 4 nitrogen and oxygen atoms in total. The second-order valence-corrected chi connectivity index (χ2v) is 16.9. The highest BCUT2D eigenvalue weighted by Crippen LogP contribution is 2.76. The lowest BCUT2D eigenvalue weighted by atomic mass is 9.33. The van der Waals surface area contributed by atoms with Crippen molar-refractivity contribution in [1.82, 2.24) is 5.32 Å². The van der Waals surface area contributed by atoms with Gasteiger partial charge in [-0.2, -0.15) is 0 Å². The van der Waals surface area contributed by atoms with Crippen LogP contribution in [0.2, 0.25) is 0 Å². The average molecular weight is 603 g/mol. The molecule has 234 valence electrons. The lowest BCUT2D eigenvalue weighted by Crippen LogP contribution is -2.68. The van der Waals surface area contributed by atoms with E-state index in [9.17, 15) is 4.79 Å². The zero-order valence-corrected chi connectivity index (χ0v) is 28.5. The number of benzene rings is 1. The first-order valence-electron chi connectivity index (χ1n) is 16.8. The lowest BCUT2D eigenvalue weighted by Gasteiger charge is -2.72. The monoisotopic (exact) mass is 602 g/mol. The summed E-state index contributed by atoms with van der Waals surface area (Å²) in [6.45, 7) is 19.8. The number of methoxy groups -OCH3 is 1. The van der Waals surface area contributed by atoms with E-state index in [1.165, 1.54) is 62.3 Å². The Bertz CT molecular complexity index is 1360. The molecule has 1 aromatic carbocycles. The van der Waals surface area contributed by atoms with Crippen LogP contribution in [-0.2, 0) is 4.74 Å². The Morgan fingerprint density at radius 1 is 0.953 bits per heavy atom. The maximum atomic E-state index is 12.1. The Kier molecular flexibility index (Phi) is 7.31. The van der Waals surface area contributed by atoms with Gasteiger partial charge in [-0.1, -0.05) is 65.0 Å². The van der Waals surface area contributed by atoms with Crippen molar-refractivity contribution in [3.8, 4) is 0 Å². The van der Waals surface area contributed by atoms with Gasteiger partial charge in [0.25, 0.3) is 0 Å². The second-order valence-electron chi connectivity index (χ2n) is 16.4. The normalized spacial score (nSPS) is 42.8. The molecule has 43 heavy (non-hydrogen) atoms. The molecule has 0 aliphatic heterocycles. The summed E-state index contributed by atoms with van der Waals surface area (Å²) in [5, 5.41) is 4.18. The van der Waals surface area contributed by atoms with Gasteiger partial charge in [-0.3, -0.25) is 0 Å². The van der Waals surface area contributed by atoms with Gasteiger partial charge in [0.05, 0.1) is 12.7 Å². The van der Waals surface area contributed by atoms with Crippen molar-refractivity contribution in [2.24, 2.45) is 57.0 Å². The number of allylic oxidation sites excluding steroid dienone is 3. The number of fused-ring (bicyclic) bond motifs is 7. The topological polar surface area (TPSA) is 64.3 Å². The van der Waals surface area contributed by atoms with Crippen LogP contribution < -0.4 is 11.1 Å². The minimum absolute atomic E-state index is 0.0256. The van der Waals surface area contributed by atoms with Crippen LogP contribution >= 0.6 is 12.2 Å². The van der Waals surface area contributed by atoms with Crippen molar-refractivity contribution in [2.45, 2.75) is 105 Å². The fourth-order valence-electron chi connectivity index (χ4n) is 12.6. The average Bonchev–Trinajstić information content (AvgIpc) is 3.32. The summed E-state index contributed by atoms with van der Waals surface area (Å²) < 4.78 is 4.94. The van der Waals surface area contributed by atoms with Gasteiger partial charge in [0.15, 0.2) is 5.11 Å². The Morgan fingerprint density at radius 3 is 2.28 bits per heavy atom. The Morgan fingerprint density at radius 2 is 1.65 bits per heavy atom. The first-order chi connectivity index (χ1) is 20.1. The van der Waals surface area contributed by atoms with Gasteiger partial charge in [0.1, 0.15) is 0 Å². The first kappa shape index (κ1) is 30.9. The van der Waals surface area contributed by atoms with Crippen LogP contribution in [0.15, 0.2) is 42.5 Å². The molecule has 0 radical (unpaired) electrons. The number of carbonyl (C=O) groups is 1. The molecule has 4 saturated carbocycles. The van der Waals surface area contributed by atoms with Crippen molar-refractivity contribution in [3.05, 3.63) is 53.6 Å². The molecular weight excluding hydrogens is 548 g/mol.